The monoisotopic (exact) mass is 438 g/mol. The molecule has 0 bridgehead atoms. The quantitative estimate of drug-likeness (QED) is 0.706. The van der Waals surface area contributed by atoms with Gasteiger partial charge in [0.2, 0.25) is 15.9 Å². The van der Waals surface area contributed by atoms with Gasteiger partial charge in [-0.2, -0.15) is 4.31 Å². The molecule has 0 unspecified atom stereocenters. The number of likely N-dealkylation sites (tertiary alicyclic amines) is 1. The van der Waals surface area contributed by atoms with Crippen LogP contribution in [0.2, 0.25) is 0 Å². The van der Waals surface area contributed by atoms with E-state index in [1.807, 2.05) is 41.3 Å². The number of rotatable bonds is 5. The van der Waals surface area contributed by atoms with Gasteiger partial charge >= 0.3 is 0 Å². The molecule has 2 heterocycles. The number of hydrogen-bond acceptors (Lipinski definition) is 3. The molecule has 0 saturated carbocycles. The van der Waals surface area contributed by atoms with Gasteiger partial charge in [-0.05, 0) is 48.8 Å². The summed E-state index contributed by atoms with van der Waals surface area (Å²) in [4.78, 5) is 15.0. The first-order valence-electron chi connectivity index (χ1n) is 11.1. The molecule has 2 aromatic carbocycles. The first-order valence-corrected chi connectivity index (χ1v) is 12.6. The minimum absolute atomic E-state index is 0.0715. The summed E-state index contributed by atoms with van der Waals surface area (Å²) in [7, 11) is -3.47. The largest absolute Gasteiger partial charge is 0.342 e. The molecule has 2 aliphatic rings. The number of carbonyl (C=O) groups is 1. The van der Waals surface area contributed by atoms with Crippen molar-refractivity contribution in [1.82, 2.24) is 9.21 Å². The van der Waals surface area contributed by atoms with Gasteiger partial charge in [0.05, 0.1) is 0 Å². The number of amides is 1. The van der Waals surface area contributed by atoms with E-state index in [0.717, 1.165) is 31.5 Å². The third kappa shape index (κ3) is 5.43. The van der Waals surface area contributed by atoms with Gasteiger partial charge in [0.1, 0.15) is 0 Å². The summed E-state index contributed by atoms with van der Waals surface area (Å²) in [6, 6.07) is 19.9. The van der Waals surface area contributed by atoms with Crippen LogP contribution in [0.4, 0.5) is 0 Å². The van der Waals surface area contributed by atoms with Crippen LogP contribution < -0.4 is 0 Å². The van der Waals surface area contributed by atoms with Crippen molar-refractivity contribution in [1.29, 1.82) is 0 Å². The molecule has 4 rings (SSSR count). The average molecular weight is 439 g/mol. The zero-order chi connectivity index (χ0) is 21.7. The number of sulfonamides is 1. The maximum Gasteiger partial charge on any atom is 0.236 e. The van der Waals surface area contributed by atoms with E-state index in [0.29, 0.717) is 31.8 Å². The minimum Gasteiger partial charge on any atom is -0.342 e. The molecular formula is C25H30N2O3S. The lowest BCUT2D eigenvalue weighted by Gasteiger charge is -2.37. The van der Waals surface area contributed by atoms with E-state index in [9.17, 15) is 13.2 Å². The van der Waals surface area contributed by atoms with E-state index in [1.165, 1.54) is 15.3 Å². The van der Waals surface area contributed by atoms with Gasteiger partial charge < -0.3 is 4.90 Å². The Hall–Kier alpha value is -2.44. The summed E-state index contributed by atoms with van der Waals surface area (Å²) in [6.07, 6.45) is 4.80. The maximum atomic E-state index is 13.0. The van der Waals surface area contributed by atoms with Crippen LogP contribution in [0, 0.1) is 5.92 Å². The Bertz CT molecular complexity index is 990. The normalized spacial score (nSPS) is 19.7. The summed E-state index contributed by atoms with van der Waals surface area (Å²) >= 11 is 0. The highest BCUT2D eigenvalue weighted by Gasteiger charge is 2.33. The fourth-order valence-electron chi connectivity index (χ4n) is 4.59. The van der Waals surface area contributed by atoms with Crippen molar-refractivity contribution in [2.75, 3.05) is 26.2 Å². The number of piperidine rings is 2. The van der Waals surface area contributed by atoms with Crippen molar-refractivity contribution >= 4 is 22.0 Å². The molecule has 31 heavy (non-hydrogen) atoms. The molecule has 2 aromatic rings. The highest BCUT2D eigenvalue weighted by Crippen LogP contribution is 2.30. The molecule has 5 nitrogen and oxygen atoms in total. The van der Waals surface area contributed by atoms with E-state index in [-0.39, 0.29) is 11.8 Å². The molecule has 2 aliphatic heterocycles. The fraction of sp³-hybridized carbons (Fsp3) is 0.400. The van der Waals surface area contributed by atoms with Gasteiger partial charge in [-0.15, -0.1) is 0 Å². The lowest BCUT2D eigenvalue weighted by molar-refractivity contribution is -0.137. The van der Waals surface area contributed by atoms with Gasteiger partial charge in [0, 0.05) is 37.5 Å². The Morgan fingerprint density at radius 3 is 2.00 bits per heavy atom. The van der Waals surface area contributed by atoms with Gasteiger partial charge in [0.15, 0.2) is 0 Å². The van der Waals surface area contributed by atoms with E-state index >= 15 is 0 Å². The molecule has 0 spiro atoms. The van der Waals surface area contributed by atoms with Crippen LogP contribution in [0.3, 0.4) is 0 Å². The number of carbonyl (C=O) groups excluding carboxylic acids is 1. The molecule has 2 fully saturated rings. The van der Waals surface area contributed by atoms with Crippen LogP contribution in [0.25, 0.3) is 6.08 Å². The van der Waals surface area contributed by atoms with Crippen LogP contribution in [0.15, 0.2) is 66.1 Å². The van der Waals surface area contributed by atoms with E-state index in [4.69, 9.17) is 0 Å². The Morgan fingerprint density at radius 1 is 0.806 bits per heavy atom. The van der Waals surface area contributed by atoms with Crippen molar-refractivity contribution in [3.05, 3.63) is 77.2 Å². The van der Waals surface area contributed by atoms with Crippen LogP contribution >= 0.6 is 0 Å². The van der Waals surface area contributed by atoms with Gasteiger partial charge in [0.25, 0.3) is 0 Å². The minimum atomic E-state index is -3.47. The lowest BCUT2D eigenvalue weighted by atomic mass is 9.88. The van der Waals surface area contributed by atoms with Gasteiger partial charge in [-0.3, -0.25) is 4.79 Å². The van der Waals surface area contributed by atoms with Crippen molar-refractivity contribution in [2.24, 2.45) is 5.92 Å². The molecule has 6 heteroatoms. The lowest BCUT2D eigenvalue weighted by Crippen LogP contribution is -2.46. The Labute approximate surface area is 185 Å². The fourth-order valence-corrected chi connectivity index (χ4v) is 5.81. The Kier molecular flexibility index (Phi) is 6.88. The SMILES string of the molecule is O=C(C1CCN(S(=O)(=O)/C=C/c2ccccc2)CC1)N1CCC(c2ccccc2)CC1. The molecule has 1 amide bonds. The molecule has 164 valence electrons. The second-order valence-corrected chi connectivity index (χ2v) is 10.3. The van der Waals surface area contributed by atoms with Crippen LogP contribution in [-0.4, -0.2) is 49.7 Å². The number of benzene rings is 2. The van der Waals surface area contributed by atoms with Crippen molar-refractivity contribution in [3.63, 3.8) is 0 Å². The zero-order valence-electron chi connectivity index (χ0n) is 17.8. The highest BCUT2D eigenvalue weighted by molar-refractivity contribution is 7.92. The molecule has 0 aliphatic carbocycles. The van der Waals surface area contributed by atoms with Gasteiger partial charge in [-0.1, -0.05) is 60.7 Å². The molecule has 0 radical (unpaired) electrons. The van der Waals surface area contributed by atoms with Crippen LogP contribution in [0.5, 0.6) is 0 Å². The third-order valence-electron chi connectivity index (χ3n) is 6.47. The Balaban J connectivity index is 1.28. The predicted molar refractivity (Wildman–Crippen MR) is 124 cm³/mol. The van der Waals surface area contributed by atoms with Gasteiger partial charge in [-0.25, -0.2) is 8.42 Å². The topological polar surface area (TPSA) is 57.7 Å². The highest BCUT2D eigenvalue weighted by atomic mass is 32.2. The zero-order valence-corrected chi connectivity index (χ0v) is 18.6. The standard InChI is InChI=1S/C25H30N2O3S/c28-25(26-16-11-23(12-17-26)22-9-5-2-6-10-22)24-13-18-27(19-14-24)31(29,30)20-15-21-7-3-1-4-8-21/h1-10,15,20,23-24H,11-14,16-19H2/b20-15+. The smallest absolute Gasteiger partial charge is 0.236 e. The molecule has 0 aromatic heterocycles. The molecule has 2 saturated heterocycles. The summed E-state index contributed by atoms with van der Waals surface area (Å²) in [5.74, 6) is 0.648. The third-order valence-corrected chi connectivity index (χ3v) is 8.04. The summed E-state index contributed by atoms with van der Waals surface area (Å²) in [6.45, 7) is 2.38. The first-order chi connectivity index (χ1) is 15.0. The molecular weight excluding hydrogens is 408 g/mol. The maximum absolute atomic E-state index is 13.0. The van der Waals surface area contributed by atoms with Crippen molar-refractivity contribution in [3.8, 4) is 0 Å². The van der Waals surface area contributed by atoms with Crippen LogP contribution in [0.1, 0.15) is 42.7 Å². The number of nitrogens with zero attached hydrogens (tertiary/aromatic N) is 2. The van der Waals surface area contributed by atoms with Crippen molar-refractivity contribution in [2.45, 2.75) is 31.6 Å². The van der Waals surface area contributed by atoms with E-state index in [2.05, 4.69) is 24.3 Å². The van der Waals surface area contributed by atoms with E-state index in [1.54, 1.807) is 6.08 Å². The summed E-state index contributed by atoms with van der Waals surface area (Å²) in [5, 5.41) is 1.28. The second kappa shape index (κ2) is 9.79. The summed E-state index contributed by atoms with van der Waals surface area (Å²) < 4.78 is 26.8. The predicted octanol–water partition coefficient (Wildman–Crippen LogP) is 4.11. The molecule has 0 atom stereocenters. The van der Waals surface area contributed by atoms with E-state index < -0.39 is 10.0 Å². The molecule has 0 N–H and O–H groups in total. The average Bonchev–Trinajstić information content (AvgIpc) is 2.84. The summed E-state index contributed by atoms with van der Waals surface area (Å²) in [5.41, 5.74) is 2.21. The van der Waals surface area contributed by atoms with Crippen molar-refractivity contribution < 1.29 is 13.2 Å². The second-order valence-electron chi connectivity index (χ2n) is 8.44. The van der Waals surface area contributed by atoms with Crippen LogP contribution in [-0.2, 0) is 14.8 Å². The Morgan fingerprint density at radius 2 is 1.39 bits per heavy atom. The first kappa shape index (κ1) is 21.8. The number of hydrogen-bond donors (Lipinski definition) is 0.